The monoisotopic (exact) mass is 345 g/mol. The summed E-state index contributed by atoms with van der Waals surface area (Å²) in [7, 11) is 0. The lowest BCUT2D eigenvalue weighted by atomic mass is 9.61. The number of likely N-dealkylation sites (tertiary alicyclic amines) is 1. The largest absolute Gasteiger partial charge is 0.373 e. The minimum atomic E-state index is 0.429. The maximum atomic E-state index is 6.06. The molecule has 0 unspecified atom stereocenters. The van der Waals surface area contributed by atoms with Gasteiger partial charge in [0.1, 0.15) is 0 Å². The Hall–Kier alpha value is -2.30. The van der Waals surface area contributed by atoms with Crippen LogP contribution in [0.25, 0.3) is 11.0 Å². The van der Waals surface area contributed by atoms with Crippen LogP contribution in [0, 0.1) is 5.41 Å². The van der Waals surface area contributed by atoms with Gasteiger partial charge in [0.25, 0.3) is 0 Å². The maximum absolute atomic E-state index is 6.06. The third-order valence-corrected chi connectivity index (χ3v) is 5.65. The van der Waals surface area contributed by atoms with E-state index in [-0.39, 0.29) is 0 Å². The van der Waals surface area contributed by atoms with Crippen molar-refractivity contribution >= 4 is 11.0 Å². The van der Waals surface area contributed by atoms with Crippen LogP contribution in [0.4, 0.5) is 0 Å². The lowest BCUT2D eigenvalue weighted by Gasteiger charge is -2.58. The first-order valence-electron chi connectivity index (χ1n) is 9.37. The molecule has 5 rings (SSSR count). The molecule has 26 heavy (non-hydrogen) atoms. The quantitative estimate of drug-likeness (QED) is 0.705. The van der Waals surface area contributed by atoms with Crippen LogP contribution < -0.4 is 0 Å². The zero-order valence-corrected chi connectivity index (χ0v) is 14.8. The van der Waals surface area contributed by atoms with Gasteiger partial charge in [-0.15, -0.1) is 0 Å². The van der Waals surface area contributed by atoms with Gasteiger partial charge in [-0.1, -0.05) is 42.5 Å². The summed E-state index contributed by atoms with van der Waals surface area (Å²) in [5.41, 5.74) is 4.77. The number of aromatic nitrogens is 2. The summed E-state index contributed by atoms with van der Waals surface area (Å²) in [6.07, 6.45) is 4.73. The van der Waals surface area contributed by atoms with Crippen molar-refractivity contribution in [1.82, 2.24) is 14.9 Å². The third-order valence-electron chi connectivity index (χ3n) is 5.65. The number of para-hydroxylation sites is 2. The molecule has 1 saturated carbocycles. The van der Waals surface area contributed by atoms with Gasteiger partial charge in [-0.2, -0.15) is 0 Å². The van der Waals surface area contributed by atoms with E-state index in [4.69, 9.17) is 9.72 Å². The highest BCUT2D eigenvalue weighted by molar-refractivity contribution is 5.73. The standard InChI is InChI=1S/C22H23N3O/c1-2-6-17(7-3-1)14-26-19-10-22(11-19)15-25(16-22)13-18-12-23-20-8-4-5-9-21(20)24-18/h1-9,12,19H,10-11,13-16H2. The van der Waals surface area contributed by atoms with E-state index >= 15 is 0 Å². The highest BCUT2D eigenvalue weighted by Gasteiger charge is 2.52. The normalized spacial score (nSPS) is 19.4. The van der Waals surface area contributed by atoms with E-state index in [0.717, 1.165) is 43.0 Å². The van der Waals surface area contributed by atoms with Crippen LogP contribution in [0.5, 0.6) is 0 Å². The Morgan fingerprint density at radius 1 is 0.962 bits per heavy atom. The van der Waals surface area contributed by atoms with Crippen molar-refractivity contribution in [3.63, 3.8) is 0 Å². The molecular formula is C22H23N3O. The van der Waals surface area contributed by atoms with Crippen LogP contribution in [0.3, 0.4) is 0 Å². The number of hydrogen-bond acceptors (Lipinski definition) is 4. The van der Waals surface area contributed by atoms with Crippen molar-refractivity contribution < 1.29 is 4.74 Å². The molecule has 2 fully saturated rings. The first-order valence-corrected chi connectivity index (χ1v) is 9.37. The summed E-state index contributed by atoms with van der Waals surface area (Å²) in [4.78, 5) is 11.7. The second-order valence-electron chi connectivity index (χ2n) is 7.82. The number of hydrogen-bond donors (Lipinski definition) is 0. The van der Waals surface area contributed by atoms with Gasteiger partial charge in [-0.3, -0.25) is 9.88 Å². The second kappa shape index (κ2) is 6.45. The van der Waals surface area contributed by atoms with Crippen molar-refractivity contribution in [2.24, 2.45) is 5.41 Å². The molecule has 1 aromatic heterocycles. The molecule has 0 atom stereocenters. The van der Waals surface area contributed by atoms with E-state index in [1.54, 1.807) is 0 Å². The number of rotatable bonds is 5. The molecule has 4 nitrogen and oxygen atoms in total. The van der Waals surface area contributed by atoms with Crippen molar-refractivity contribution in [2.45, 2.75) is 32.1 Å². The van der Waals surface area contributed by atoms with E-state index in [1.165, 1.54) is 18.4 Å². The summed E-state index contributed by atoms with van der Waals surface area (Å²) >= 11 is 0. The van der Waals surface area contributed by atoms with Crippen molar-refractivity contribution in [1.29, 1.82) is 0 Å². The third kappa shape index (κ3) is 3.11. The minimum Gasteiger partial charge on any atom is -0.373 e. The van der Waals surface area contributed by atoms with Crippen molar-refractivity contribution in [2.75, 3.05) is 13.1 Å². The summed E-state index contributed by atoms with van der Waals surface area (Å²) in [5, 5.41) is 0. The second-order valence-corrected chi connectivity index (χ2v) is 7.82. The van der Waals surface area contributed by atoms with Gasteiger partial charge >= 0.3 is 0 Å². The molecule has 1 saturated heterocycles. The SMILES string of the molecule is c1ccc(COC2CC3(C2)CN(Cc2cnc4ccccc4n2)C3)cc1. The van der Waals surface area contributed by atoms with Crippen molar-refractivity contribution in [3.05, 3.63) is 72.1 Å². The predicted molar refractivity (Wildman–Crippen MR) is 102 cm³/mol. The first-order chi connectivity index (χ1) is 12.8. The van der Waals surface area contributed by atoms with Gasteiger partial charge in [0.2, 0.25) is 0 Å². The van der Waals surface area contributed by atoms with Gasteiger partial charge in [0.05, 0.1) is 35.6 Å². The van der Waals surface area contributed by atoms with Gasteiger partial charge < -0.3 is 4.74 Å². The number of benzene rings is 2. The molecule has 2 aromatic carbocycles. The van der Waals surface area contributed by atoms with Crippen LogP contribution in [0.2, 0.25) is 0 Å². The highest BCUT2D eigenvalue weighted by Crippen LogP contribution is 2.50. The molecule has 0 N–H and O–H groups in total. The van der Waals surface area contributed by atoms with Gasteiger partial charge in [0, 0.05) is 25.0 Å². The Bertz CT molecular complexity index is 897. The fraction of sp³-hybridized carbons (Fsp3) is 0.364. The maximum Gasteiger partial charge on any atom is 0.0890 e. The molecule has 1 spiro atoms. The molecule has 4 heteroatoms. The zero-order chi connectivity index (χ0) is 17.4. The first kappa shape index (κ1) is 15.9. The Balaban J connectivity index is 1.10. The molecule has 2 aliphatic rings. The number of fused-ring (bicyclic) bond motifs is 1. The highest BCUT2D eigenvalue weighted by atomic mass is 16.5. The summed E-state index contributed by atoms with van der Waals surface area (Å²) in [5.74, 6) is 0. The molecule has 0 radical (unpaired) electrons. The van der Waals surface area contributed by atoms with Gasteiger partial charge in [0.15, 0.2) is 0 Å². The molecular weight excluding hydrogens is 322 g/mol. The van der Waals surface area contributed by atoms with E-state index in [2.05, 4.69) is 34.1 Å². The average molecular weight is 345 g/mol. The fourth-order valence-corrected chi connectivity index (χ4v) is 4.39. The van der Waals surface area contributed by atoms with Crippen LogP contribution >= 0.6 is 0 Å². The molecule has 1 aliphatic carbocycles. The molecule has 132 valence electrons. The summed E-state index contributed by atoms with van der Waals surface area (Å²) in [6, 6.07) is 18.5. The topological polar surface area (TPSA) is 38.2 Å². The van der Waals surface area contributed by atoms with Crippen LogP contribution in [0.15, 0.2) is 60.8 Å². The van der Waals surface area contributed by atoms with Crippen LogP contribution in [0.1, 0.15) is 24.1 Å². The molecule has 1 aliphatic heterocycles. The average Bonchev–Trinajstić information content (AvgIpc) is 2.62. The van der Waals surface area contributed by atoms with Crippen LogP contribution in [-0.2, 0) is 17.9 Å². The number of nitrogens with zero attached hydrogens (tertiary/aromatic N) is 3. The van der Waals surface area contributed by atoms with Crippen LogP contribution in [-0.4, -0.2) is 34.1 Å². The molecule has 3 aromatic rings. The minimum absolute atomic E-state index is 0.429. The molecule has 2 heterocycles. The van der Waals surface area contributed by atoms with Gasteiger partial charge in [-0.25, -0.2) is 4.98 Å². The van der Waals surface area contributed by atoms with E-state index in [1.807, 2.05) is 36.5 Å². The fourth-order valence-electron chi connectivity index (χ4n) is 4.39. The Morgan fingerprint density at radius 3 is 2.50 bits per heavy atom. The smallest absolute Gasteiger partial charge is 0.0890 e. The Labute approximate surface area is 153 Å². The predicted octanol–water partition coefficient (Wildman–Crippen LogP) is 3.81. The zero-order valence-electron chi connectivity index (χ0n) is 14.8. The van der Waals surface area contributed by atoms with E-state index in [9.17, 15) is 0 Å². The van der Waals surface area contributed by atoms with Gasteiger partial charge in [-0.05, 0) is 30.5 Å². The van der Waals surface area contributed by atoms with E-state index in [0.29, 0.717) is 11.5 Å². The Kier molecular flexibility index (Phi) is 3.95. The van der Waals surface area contributed by atoms with E-state index < -0.39 is 0 Å². The molecule has 0 bridgehead atoms. The summed E-state index contributed by atoms with van der Waals surface area (Å²) in [6.45, 7) is 3.95. The lowest BCUT2D eigenvalue weighted by molar-refractivity contribution is -0.157. The molecule has 0 amide bonds. The Morgan fingerprint density at radius 2 is 1.69 bits per heavy atom. The van der Waals surface area contributed by atoms with Crippen molar-refractivity contribution in [3.8, 4) is 0 Å². The lowest BCUT2D eigenvalue weighted by Crippen LogP contribution is -2.63. The summed E-state index contributed by atoms with van der Waals surface area (Å²) < 4.78 is 6.06. The number of ether oxygens (including phenoxy) is 1.